The molecule has 1 aromatic heterocycles. The van der Waals surface area contributed by atoms with Gasteiger partial charge in [-0.25, -0.2) is 9.97 Å². The molecule has 0 atom stereocenters. The third kappa shape index (κ3) is 4.28. The highest BCUT2D eigenvalue weighted by molar-refractivity contribution is 5.92. The standard InChI is InChI=1S/C17H22N4O/c1-4-10-18-17-19-13(2)11-15(20-17)16(22)21(3)12-14-8-6-5-7-9-14/h5-9,11H,4,10,12H2,1-3H3,(H,18,19,20). The van der Waals surface area contributed by atoms with Gasteiger partial charge in [0.1, 0.15) is 5.69 Å². The Morgan fingerprint density at radius 3 is 2.64 bits per heavy atom. The molecule has 0 fully saturated rings. The number of anilines is 1. The summed E-state index contributed by atoms with van der Waals surface area (Å²) in [5.74, 6) is 0.409. The van der Waals surface area contributed by atoms with Gasteiger partial charge in [-0.1, -0.05) is 37.3 Å². The Morgan fingerprint density at radius 1 is 1.23 bits per heavy atom. The third-order valence-electron chi connectivity index (χ3n) is 3.22. The predicted octanol–water partition coefficient (Wildman–Crippen LogP) is 2.88. The lowest BCUT2D eigenvalue weighted by molar-refractivity contribution is 0.0779. The normalized spacial score (nSPS) is 10.3. The van der Waals surface area contributed by atoms with Gasteiger partial charge in [0.15, 0.2) is 0 Å². The summed E-state index contributed by atoms with van der Waals surface area (Å²) in [6, 6.07) is 11.6. The van der Waals surface area contributed by atoms with Crippen molar-refractivity contribution in [3.8, 4) is 0 Å². The fraction of sp³-hybridized carbons (Fsp3) is 0.353. The molecule has 22 heavy (non-hydrogen) atoms. The molecule has 0 unspecified atom stereocenters. The number of aromatic nitrogens is 2. The molecule has 0 bridgehead atoms. The molecular formula is C17H22N4O. The van der Waals surface area contributed by atoms with E-state index in [1.54, 1.807) is 18.0 Å². The Balaban J connectivity index is 2.12. The average Bonchev–Trinajstić information content (AvgIpc) is 2.52. The van der Waals surface area contributed by atoms with Crippen LogP contribution in [0, 0.1) is 6.92 Å². The van der Waals surface area contributed by atoms with E-state index in [2.05, 4.69) is 22.2 Å². The first kappa shape index (κ1) is 15.9. The van der Waals surface area contributed by atoms with Gasteiger partial charge in [-0.3, -0.25) is 4.79 Å². The minimum absolute atomic E-state index is 0.103. The van der Waals surface area contributed by atoms with E-state index in [1.165, 1.54) is 0 Å². The Bertz CT molecular complexity index is 628. The monoisotopic (exact) mass is 298 g/mol. The highest BCUT2D eigenvalue weighted by Crippen LogP contribution is 2.10. The number of benzene rings is 1. The number of hydrogen-bond donors (Lipinski definition) is 1. The van der Waals surface area contributed by atoms with Crippen LogP contribution >= 0.6 is 0 Å². The number of rotatable bonds is 6. The van der Waals surface area contributed by atoms with Crippen molar-refractivity contribution < 1.29 is 4.79 Å². The van der Waals surface area contributed by atoms with E-state index in [0.717, 1.165) is 24.2 Å². The molecule has 0 radical (unpaired) electrons. The molecule has 0 saturated heterocycles. The molecule has 1 N–H and O–H groups in total. The zero-order valence-electron chi connectivity index (χ0n) is 13.3. The number of amides is 1. The Morgan fingerprint density at radius 2 is 1.95 bits per heavy atom. The molecule has 0 aliphatic carbocycles. The summed E-state index contributed by atoms with van der Waals surface area (Å²) >= 11 is 0. The third-order valence-corrected chi connectivity index (χ3v) is 3.22. The number of hydrogen-bond acceptors (Lipinski definition) is 4. The van der Waals surface area contributed by atoms with Gasteiger partial charge < -0.3 is 10.2 Å². The van der Waals surface area contributed by atoms with E-state index in [1.807, 2.05) is 37.3 Å². The van der Waals surface area contributed by atoms with Crippen LogP contribution < -0.4 is 5.32 Å². The molecule has 1 amide bonds. The SMILES string of the molecule is CCCNc1nc(C)cc(C(=O)N(C)Cc2ccccc2)n1. The van der Waals surface area contributed by atoms with E-state index in [9.17, 15) is 4.79 Å². The highest BCUT2D eigenvalue weighted by Gasteiger charge is 2.15. The maximum atomic E-state index is 12.5. The van der Waals surface area contributed by atoms with Gasteiger partial charge in [0.25, 0.3) is 5.91 Å². The van der Waals surface area contributed by atoms with Crippen molar-refractivity contribution in [3.63, 3.8) is 0 Å². The van der Waals surface area contributed by atoms with E-state index in [4.69, 9.17) is 0 Å². The Kier molecular flexibility index (Phi) is 5.47. The van der Waals surface area contributed by atoms with Gasteiger partial charge in [-0.2, -0.15) is 0 Å². The minimum atomic E-state index is -0.103. The van der Waals surface area contributed by atoms with E-state index in [0.29, 0.717) is 18.2 Å². The van der Waals surface area contributed by atoms with Crippen LogP contribution in [-0.2, 0) is 6.54 Å². The molecule has 116 valence electrons. The minimum Gasteiger partial charge on any atom is -0.354 e. The van der Waals surface area contributed by atoms with Crippen molar-refractivity contribution in [2.24, 2.45) is 0 Å². The van der Waals surface area contributed by atoms with Crippen LogP contribution in [0.25, 0.3) is 0 Å². The Labute approximate surface area is 131 Å². The van der Waals surface area contributed by atoms with Crippen LogP contribution in [0.4, 0.5) is 5.95 Å². The van der Waals surface area contributed by atoms with E-state index in [-0.39, 0.29) is 5.91 Å². The van der Waals surface area contributed by atoms with Gasteiger partial charge >= 0.3 is 0 Å². The summed E-state index contributed by atoms with van der Waals surface area (Å²) in [7, 11) is 1.78. The largest absolute Gasteiger partial charge is 0.354 e. The van der Waals surface area contributed by atoms with Crippen LogP contribution in [-0.4, -0.2) is 34.4 Å². The molecular weight excluding hydrogens is 276 g/mol. The number of carbonyl (C=O) groups excluding carboxylic acids is 1. The van der Waals surface area contributed by atoms with Gasteiger partial charge in [0.2, 0.25) is 5.95 Å². The first-order valence-corrected chi connectivity index (χ1v) is 7.49. The smallest absolute Gasteiger partial charge is 0.272 e. The second kappa shape index (κ2) is 7.54. The summed E-state index contributed by atoms with van der Waals surface area (Å²) in [6.07, 6.45) is 0.981. The fourth-order valence-electron chi connectivity index (χ4n) is 2.12. The van der Waals surface area contributed by atoms with Gasteiger partial charge in [-0.05, 0) is 25.0 Å². The molecule has 0 aliphatic rings. The summed E-state index contributed by atoms with van der Waals surface area (Å²) in [5, 5.41) is 3.13. The molecule has 0 spiro atoms. The molecule has 2 rings (SSSR count). The van der Waals surface area contributed by atoms with E-state index < -0.39 is 0 Å². The molecule has 5 heteroatoms. The number of nitrogens with one attached hydrogen (secondary N) is 1. The molecule has 0 saturated carbocycles. The van der Waals surface area contributed by atoms with Crippen LogP contribution in [0.3, 0.4) is 0 Å². The summed E-state index contributed by atoms with van der Waals surface area (Å²) in [5.41, 5.74) is 2.29. The van der Waals surface area contributed by atoms with Crippen molar-refractivity contribution >= 4 is 11.9 Å². The number of aryl methyl sites for hydroxylation is 1. The van der Waals surface area contributed by atoms with E-state index >= 15 is 0 Å². The van der Waals surface area contributed by atoms with Gasteiger partial charge in [-0.15, -0.1) is 0 Å². The van der Waals surface area contributed by atoms with Crippen LogP contribution in [0.2, 0.25) is 0 Å². The van der Waals surface area contributed by atoms with Crippen molar-refractivity contribution in [2.45, 2.75) is 26.8 Å². The lowest BCUT2D eigenvalue weighted by Crippen LogP contribution is -2.27. The number of carbonyl (C=O) groups is 1. The predicted molar refractivity (Wildman–Crippen MR) is 87.8 cm³/mol. The lowest BCUT2D eigenvalue weighted by Gasteiger charge is -2.17. The maximum absolute atomic E-state index is 12.5. The first-order valence-electron chi connectivity index (χ1n) is 7.49. The quantitative estimate of drug-likeness (QED) is 0.891. The second-order valence-corrected chi connectivity index (χ2v) is 5.29. The summed E-state index contributed by atoms with van der Waals surface area (Å²) in [6.45, 7) is 5.28. The summed E-state index contributed by atoms with van der Waals surface area (Å²) < 4.78 is 0. The molecule has 2 aromatic rings. The molecule has 0 aliphatic heterocycles. The zero-order chi connectivity index (χ0) is 15.9. The van der Waals surface area contributed by atoms with Crippen molar-refractivity contribution in [3.05, 3.63) is 53.3 Å². The molecule has 1 heterocycles. The molecule has 1 aromatic carbocycles. The second-order valence-electron chi connectivity index (χ2n) is 5.29. The van der Waals surface area contributed by atoms with Crippen molar-refractivity contribution in [1.29, 1.82) is 0 Å². The fourth-order valence-corrected chi connectivity index (χ4v) is 2.12. The topological polar surface area (TPSA) is 58.1 Å². The maximum Gasteiger partial charge on any atom is 0.272 e. The van der Waals surface area contributed by atoms with Crippen molar-refractivity contribution in [1.82, 2.24) is 14.9 Å². The lowest BCUT2D eigenvalue weighted by atomic mass is 10.2. The highest BCUT2D eigenvalue weighted by atomic mass is 16.2. The van der Waals surface area contributed by atoms with Gasteiger partial charge in [0, 0.05) is 25.8 Å². The van der Waals surface area contributed by atoms with Crippen molar-refractivity contribution in [2.75, 3.05) is 18.9 Å². The average molecular weight is 298 g/mol. The van der Waals surface area contributed by atoms with Crippen LogP contribution in [0.1, 0.15) is 35.1 Å². The Hall–Kier alpha value is -2.43. The van der Waals surface area contributed by atoms with Gasteiger partial charge in [0.05, 0.1) is 0 Å². The van der Waals surface area contributed by atoms with Crippen LogP contribution in [0.5, 0.6) is 0 Å². The summed E-state index contributed by atoms with van der Waals surface area (Å²) in [4.78, 5) is 22.8. The zero-order valence-corrected chi connectivity index (χ0v) is 13.3. The van der Waals surface area contributed by atoms with Crippen LogP contribution in [0.15, 0.2) is 36.4 Å². The molecule has 5 nitrogen and oxygen atoms in total. The number of nitrogens with zero attached hydrogens (tertiary/aromatic N) is 3. The first-order chi connectivity index (χ1) is 10.6.